The van der Waals surface area contributed by atoms with E-state index in [0.29, 0.717) is 24.7 Å². The van der Waals surface area contributed by atoms with Crippen molar-refractivity contribution in [1.29, 1.82) is 0 Å². The van der Waals surface area contributed by atoms with Crippen LogP contribution >= 0.6 is 0 Å². The van der Waals surface area contributed by atoms with Crippen LogP contribution in [0.1, 0.15) is 17.9 Å². The van der Waals surface area contributed by atoms with E-state index < -0.39 is 0 Å². The molecule has 0 atom stereocenters. The molecule has 0 saturated carbocycles. The second-order valence-electron chi connectivity index (χ2n) is 5.38. The number of ether oxygens (including phenoxy) is 1. The van der Waals surface area contributed by atoms with Crippen LogP contribution in [0.3, 0.4) is 0 Å². The highest BCUT2D eigenvalue weighted by Gasteiger charge is 2.10. The molecule has 0 radical (unpaired) electrons. The molecule has 0 aliphatic carbocycles. The average Bonchev–Trinajstić information content (AvgIpc) is 3.15. The lowest BCUT2D eigenvalue weighted by Gasteiger charge is -2.05. The number of amides is 1. The molecule has 0 unspecified atom stereocenters. The van der Waals surface area contributed by atoms with Crippen LogP contribution in [0, 0.1) is 0 Å². The van der Waals surface area contributed by atoms with Crippen molar-refractivity contribution in [2.45, 2.75) is 19.4 Å². The van der Waals surface area contributed by atoms with Gasteiger partial charge in [-0.15, -0.1) is 0 Å². The fourth-order valence-corrected chi connectivity index (χ4v) is 2.22. The van der Waals surface area contributed by atoms with Gasteiger partial charge in [0.05, 0.1) is 7.11 Å². The molecule has 0 fully saturated rings. The molecule has 1 amide bonds. The van der Waals surface area contributed by atoms with E-state index in [2.05, 4.69) is 20.4 Å². The molecule has 0 spiro atoms. The number of rotatable bonds is 7. The van der Waals surface area contributed by atoms with Crippen LogP contribution in [-0.4, -0.2) is 28.1 Å². The van der Waals surface area contributed by atoms with Gasteiger partial charge in [0.1, 0.15) is 5.75 Å². The van der Waals surface area contributed by atoms with Gasteiger partial charge < -0.3 is 14.6 Å². The van der Waals surface area contributed by atoms with Crippen molar-refractivity contribution in [2.24, 2.45) is 0 Å². The molecule has 7 heteroatoms. The maximum Gasteiger partial charge on any atom is 0.227 e. The number of hydrogen-bond acceptors (Lipinski definition) is 6. The van der Waals surface area contributed by atoms with Gasteiger partial charge in [-0.3, -0.25) is 9.78 Å². The van der Waals surface area contributed by atoms with Crippen molar-refractivity contribution in [3.8, 4) is 17.1 Å². The Labute approximate surface area is 145 Å². The molecular weight excluding hydrogens is 320 g/mol. The number of aryl methyl sites for hydroxylation is 1. The van der Waals surface area contributed by atoms with Crippen LogP contribution < -0.4 is 10.1 Å². The van der Waals surface area contributed by atoms with Gasteiger partial charge in [0.15, 0.2) is 0 Å². The Bertz CT molecular complexity index is 816. The predicted octanol–water partition coefficient (Wildman–Crippen LogP) is 2.39. The van der Waals surface area contributed by atoms with Gasteiger partial charge in [-0.2, -0.15) is 4.98 Å². The van der Waals surface area contributed by atoms with Gasteiger partial charge in [-0.05, 0) is 29.8 Å². The van der Waals surface area contributed by atoms with E-state index in [1.54, 1.807) is 25.6 Å². The minimum atomic E-state index is -0.0723. The second-order valence-corrected chi connectivity index (χ2v) is 5.38. The highest BCUT2D eigenvalue weighted by molar-refractivity contribution is 5.76. The fourth-order valence-electron chi connectivity index (χ4n) is 2.22. The summed E-state index contributed by atoms with van der Waals surface area (Å²) in [6, 6.07) is 11.2. The number of carbonyl (C=O) groups excluding carboxylic acids is 1. The van der Waals surface area contributed by atoms with Gasteiger partial charge in [-0.1, -0.05) is 17.3 Å². The van der Waals surface area contributed by atoms with Crippen LogP contribution in [0.4, 0.5) is 0 Å². The second kappa shape index (κ2) is 8.05. The fraction of sp³-hybridized carbons (Fsp3) is 0.222. The summed E-state index contributed by atoms with van der Waals surface area (Å²) in [6.07, 6.45) is 4.01. The smallest absolute Gasteiger partial charge is 0.227 e. The highest BCUT2D eigenvalue weighted by atomic mass is 16.5. The first kappa shape index (κ1) is 16.6. The maximum absolute atomic E-state index is 12.0. The molecule has 3 aromatic rings. The Balaban J connectivity index is 1.46. The Morgan fingerprint density at radius 3 is 2.80 bits per heavy atom. The van der Waals surface area contributed by atoms with Crippen LogP contribution in [0.15, 0.2) is 53.3 Å². The third-order valence-corrected chi connectivity index (χ3v) is 3.60. The molecular formula is C18H18N4O3. The molecule has 2 heterocycles. The molecule has 1 N–H and O–H groups in total. The molecule has 3 rings (SSSR count). The maximum atomic E-state index is 12.0. The molecule has 0 aliphatic heterocycles. The molecule has 7 nitrogen and oxygen atoms in total. The number of nitrogens with zero attached hydrogens (tertiary/aromatic N) is 3. The number of pyridine rings is 1. The van der Waals surface area contributed by atoms with E-state index in [4.69, 9.17) is 9.26 Å². The van der Waals surface area contributed by atoms with Gasteiger partial charge in [0.2, 0.25) is 17.6 Å². The molecule has 0 aliphatic rings. The first-order valence-electron chi connectivity index (χ1n) is 7.87. The topological polar surface area (TPSA) is 90.1 Å². The van der Waals surface area contributed by atoms with Crippen LogP contribution in [0.5, 0.6) is 5.75 Å². The van der Waals surface area contributed by atoms with Crippen molar-refractivity contribution in [3.63, 3.8) is 0 Å². The molecule has 0 bridgehead atoms. The summed E-state index contributed by atoms with van der Waals surface area (Å²) < 4.78 is 10.3. The first-order chi connectivity index (χ1) is 12.2. The summed E-state index contributed by atoms with van der Waals surface area (Å²) in [5.41, 5.74) is 1.78. The summed E-state index contributed by atoms with van der Waals surface area (Å²) in [4.78, 5) is 20.2. The third-order valence-electron chi connectivity index (χ3n) is 3.60. The summed E-state index contributed by atoms with van der Waals surface area (Å²) in [7, 11) is 1.62. The number of aromatic nitrogens is 3. The summed E-state index contributed by atoms with van der Waals surface area (Å²) in [5, 5.41) is 6.77. The minimum absolute atomic E-state index is 0.0723. The lowest BCUT2D eigenvalue weighted by Crippen LogP contribution is -2.23. The van der Waals surface area contributed by atoms with E-state index in [1.165, 1.54) is 0 Å². The number of nitrogens with one attached hydrogen (secondary N) is 1. The molecule has 1 aromatic carbocycles. The first-order valence-corrected chi connectivity index (χ1v) is 7.87. The Morgan fingerprint density at radius 1 is 1.24 bits per heavy atom. The van der Waals surface area contributed by atoms with E-state index in [9.17, 15) is 4.79 Å². The van der Waals surface area contributed by atoms with E-state index >= 15 is 0 Å². The number of benzene rings is 1. The summed E-state index contributed by atoms with van der Waals surface area (Å²) in [5.74, 6) is 1.62. The van der Waals surface area contributed by atoms with Gasteiger partial charge in [-0.25, -0.2) is 0 Å². The van der Waals surface area contributed by atoms with Crippen LogP contribution in [0.2, 0.25) is 0 Å². The lowest BCUT2D eigenvalue weighted by atomic mass is 10.2. The van der Waals surface area contributed by atoms with Crippen molar-refractivity contribution in [1.82, 2.24) is 20.4 Å². The van der Waals surface area contributed by atoms with E-state index in [-0.39, 0.29) is 12.3 Å². The number of carbonyl (C=O) groups is 1. The standard InChI is InChI=1S/C18H18N4O3/c1-24-15-6-4-13(5-7-15)11-20-16(23)8-9-17-21-18(22-25-17)14-3-2-10-19-12-14/h2-7,10,12H,8-9,11H2,1H3,(H,20,23). The van der Waals surface area contributed by atoms with Crippen molar-refractivity contribution < 1.29 is 14.1 Å². The largest absolute Gasteiger partial charge is 0.497 e. The molecule has 25 heavy (non-hydrogen) atoms. The van der Waals surface area contributed by atoms with Crippen molar-refractivity contribution in [2.75, 3.05) is 7.11 Å². The van der Waals surface area contributed by atoms with Gasteiger partial charge in [0.25, 0.3) is 0 Å². The Morgan fingerprint density at radius 2 is 2.08 bits per heavy atom. The van der Waals surface area contributed by atoms with E-state index in [0.717, 1.165) is 16.9 Å². The molecule has 128 valence electrons. The normalized spacial score (nSPS) is 10.4. The number of hydrogen-bond donors (Lipinski definition) is 1. The van der Waals surface area contributed by atoms with Crippen molar-refractivity contribution >= 4 is 5.91 Å². The highest BCUT2D eigenvalue weighted by Crippen LogP contribution is 2.14. The SMILES string of the molecule is COc1ccc(CNC(=O)CCc2nc(-c3cccnc3)no2)cc1. The lowest BCUT2D eigenvalue weighted by molar-refractivity contribution is -0.121. The zero-order valence-corrected chi connectivity index (χ0v) is 13.8. The van der Waals surface area contributed by atoms with Crippen LogP contribution in [0.25, 0.3) is 11.4 Å². The minimum Gasteiger partial charge on any atom is -0.497 e. The van der Waals surface area contributed by atoms with Crippen molar-refractivity contribution in [3.05, 3.63) is 60.2 Å². The van der Waals surface area contributed by atoms with Gasteiger partial charge >= 0.3 is 0 Å². The van der Waals surface area contributed by atoms with Crippen LogP contribution in [-0.2, 0) is 17.8 Å². The molecule has 2 aromatic heterocycles. The average molecular weight is 338 g/mol. The summed E-state index contributed by atoms with van der Waals surface area (Å²) >= 11 is 0. The van der Waals surface area contributed by atoms with Gasteiger partial charge in [0, 0.05) is 37.3 Å². The number of methoxy groups -OCH3 is 1. The third kappa shape index (κ3) is 4.63. The zero-order valence-electron chi connectivity index (χ0n) is 13.8. The monoisotopic (exact) mass is 338 g/mol. The van der Waals surface area contributed by atoms with E-state index in [1.807, 2.05) is 30.3 Å². The zero-order chi connectivity index (χ0) is 17.5. The molecule has 0 saturated heterocycles. The Kier molecular flexibility index (Phi) is 5.36. The summed E-state index contributed by atoms with van der Waals surface area (Å²) in [6.45, 7) is 0.466. The predicted molar refractivity (Wildman–Crippen MR) is 90.7 cm³/mol. The quantitative estimate of drug-likeness (QED) is 0.711. The Hall–Kier alpha value is -3.22.